The maximum Gasteiger partial charge on any atom is 0.246 e. The Kier molecular flexibility index (Phi) is 5.38. The number of nitrogens with zero attached hydrogens (tertiary/aromatic N) is 2. The standard InChI is InChI=1S/C19H24N2O/c1-14(2)18(17-6-4-15(3)5-7-17)12-19(22)21-10-8-16(13-20)9-11-21/h4-7,12,14,16H,8-11H2,1-3H3/b18-12+. The summed E-state index contributed by atoms with van der Waals surface area (Å²) >= 11 is 0. The molecule has 1 aliphatic heterocycles. The van der Waals surface area contributed by atoms with E-state index >= 15 is 0 Å². The number of amides is 1. The normalized spacial score (nSPS) is 16.7. The van der Waals surface area contributed by atoms with Crippen molar-refractivity contribution in [2.45, 2.75) is 33.6 Å². The van der Waals surface area contributed by atoms with E-state index in [9.17, 15) is 4.79 Å². The molecule has 0 saturated carbocycles. The number of rotatable bonds is 3. The molecule has 1 fully saturated rings. The SMILES string of the molecule is Cc1ccc(/C(=C/C(=O)N2CCC(C#N)CC2)C(C)C)cc1. The van der Waals surface area contributed by atoms with Crippen molar-refractivity contribution in [1.82, 2.24) is 4.90 Å². The van der Waals surface area contributed by atoms with E-state index in [0.29, 0.717) is 19.0 Å². The smallest absolute Gasteiger partial charge is 0.246 e. The Morgan fingerprint density at radius 3 is 2.36 bits per heavy atom. The molecular formula is C19H24N2O. The summed E-state index contributed by atoms with van der Waals surface area (Å²) in [4.78, 5) is 14.4. The minimum Gasteiger partial charge on any atom is -0.339 e. The highest BCUT2D eigenvalue weighted by Crippen LogP contribution is 2.24. The summed E-state index contributed by atoms with van der Waals surface area (Å²) in [6.07, 6.45) is 3.36. The van der Waals surface area contributed by atoms with Crippen LogP contribution >= 0.6 is 0 Å². The lowest BCUT2D eigenvalue weighted by Crippen LogP contribution is -2.37. The molecule has 0 aromatic heterocycles. The number of hydrogen-bond donors (Lipinski definition) is 0. The van der Waals surface area contributed by atoms with Gasteiger partial charge in [0, 0.05) is 25.1 Å². The molecule has 0 unspecified atom stereocenters. The highest BCUT2D eigenvalue weighted by molar-refractivity contribution is 5.95. The monoisotopic (exact) mass is 296 g/mol. The first-order valence-corrected chi connectivity index (χ1v) is 7.98. The molecule has 1 amide bonds. The molecule has 22 heavy (non-hydrogen) atoms. The number of hydrogen-bond acceptors (Lipinski definition) is 2. The van der Waals surface area contributed by atoms with Crippen molar-refractivity contribution in [2.75, 3.05) is 13.1 Å². The lowest BCUT2D eigenvalue weighted by Gasteiger charge is -2.28. The van der Waals surface area contributed by atoms with Crippen LogP contribution in [0.15, 0.2) is 30.3 Å². The number of aryl methyl sites for hydroxylation is 1. The Labute approximate surface area is 133 Å². The summed E-state index contributed by atoms with van der Waals surface area (Å²) in [7, 11) is 0. The maximum atomic E-state index is 12.5. The van der Waals surface area contributed by atoms with Crippen molar-refractivity contribution in [3.63, 3.8) is 0 Å². The summed E-state index contributed by atoms with van der Waals surface area (Å²) in [6, 6.07) is 10.6. The minimum atomic E-state index is 0.0701. The molecule has 1 saturated heterocycles. The number of piperidine rings is 1. The van der Waals surface area contributed by atoms with E-state index in [2.05, 4.69) is 51.1 Å². The van der Waals surface area contributed by atoms with E-state index < -0.39 is 0 Å². The van der Waals surface area contributed by atoms with E-state index in [4.69, 9.17) is 5.26 Å². The highest BCUT2D eigenvalue weighted by atomic mass is 16.2. The van der Waals surface area contributed by atoms with Crippen molar-refractivity contribution in [3.05, 3.63) is 41.5 Å². The average Bonchev–Trinajstić information content (AvgIpc) is 2.53. The van der Waals surface area contributed by atoms with Gasteiger partial charge in [-0.3, -0.25) is 4.79 Å². The van der Waals surface area contributed by atoms with Gasteiger partial charge in [-0.15, -0.1) is 0 Å². The first-order chi connectivity index (χ1) is 10.5. The van der Waals surface area contributed by atoms with Crippen LogP contribution in [0.4, 0.5) is 0 Å². The van der Waals surface area contributed by atoms with Crippen LogP contribution in [0.25, 0.3) is 5.57 Å². The van der Waals surface area contributed by atoms with Gasteiger partial charge in [-0.05, 0) is 36.8 Å². The summed E-state index contributed by atoms with van der Waals surface area (Å²) < 4.78 is 0. The molecule has 1 aromatic carbocycles. The third-order valence-corrected chi connectivity index (χ3v) is 4.28. The fraction of sp³-hybridized carbons (Fsp3) is 0.474. The van der Waals surface area contributed by atoms with Gasteiger partial charge in [0.05, 0.1) is 6.07 Å². The van der Waals surface area contributed by atoms with E-state index in [1.165, 1.54) is 5.56 Å². The van der Waals surface area contributed by atoms with Crippen LogP contribution in [0.5, 0.6) is 0 Å². The molecule has 1 aliphatic rings. The van der Waals surface area contributed by atoms with E-state index in [1.54, 1.807) is 6.08 Å². The molecule has 0 atom stereocenters. The Hall–Kier alpha value is -2.08. The van der Waals surface area contributed by atoms with Crippen LogP contribution in [0, 0.1) is 30.1 Å². The quantitative estimate of drug-likeness (QED) is 0.796. The predicted molar refractivity (Wildman–Crippen MR) is 88.9 cm³/mol. The third kappa shape index (κ3) is 3.98. The minimum absolute atomic E-state index is 0.0701. The lowest BCUT2D eigenvalue weighted by atomic mass is 9.93. The van der Waals surface area contributed by atoms with E-state index in [-0.39, 0.29) is 11.8 Å². The Balaban J connectivity index is 2.15. The summed E-state index contributed by atoms with van der Waals surface area (Å²) in [5, 5.41) is 8.94. The van der Waals surface area contributed by atoms with Gasteiger partial charge < -0.3 is 4.90 Å². The fourth-order valence-electron chi connectivity index (χ4n) is 2.78. The number of carbonyl (C=O) groups excluding carboxylic acids is 1. The number of nitriles is 1. The zero-order valence-corrected chi connectivity index (χ0v) is 13.7. The van der Waals surface area contributed by atoms with Crippen molar-refractivity contribution in [3.8, 4) is 6.07 Å². The molecule has 3 nitrogen and oxygen atoms in total. The first kappa shape index (κ1) is 16.3. The fourth-order valence-corrected chi connectivity index (χ4v) is 2.78. The molecule has 0 radical (unpaired) electrons. The first-order valence-electron chi connectivity index (χ1n) is 7.98. The summed E-state index contributed by atoms with van der Waals surface area (Å²) in [6.45, 7) is 7.66. The Morgan fingerprint density at radius 1 is 1.27 bits per heavy atom. The number of likely N-dealkylation sites (tertiary alicyclic amines) is 1. The van der Waals surface area contributed by atoms with Gasteiger partial charge >= 0.3 is 0 Å². The van der Waals surface area contributed by atoms with Crippen LogP contribution in [0.1, 0.15) is 37.8 Å². The Morgan fingerprint density at radius 2 is 1.86 bits per heavy atom. The molecule has 0 aliphatic carbocycles. The molecule has 1 heterocycles. The molecular weight excluding hydrogens is 272 g/mol. The molecule has 1 aromatic rings. The van der Waals surface area contributed by atoms with Gasteiger partial charge in [0.15, 0.2) is 0 Å². The molecule has 116 valence electrons. The van der Waals surface area contributed by atoms with Crippen molar-refractivity contribution in [1.29, 1.82) is 5.26 Å². The second-order valence-electron chi connectivity index (χ2n) is 6.35. The van der Waals surface area contributed by atoms with Crippen LogP contribution in [0.2, 0.25) is 0 Å². The molecule has 0 spiro atoms. The van der Waals surface area contributed by atoms with E-state index in [1.807, 2.05) is 4.90 Å². The van der Waals surface area contributed by atoms with Crippen LogP contribution < -0.4 is 0 Å². The van der Waals surface area contributed by atoms with Gasteiger partial charge in [-0.1, -0.05) is 43.7 Å². The van der Waals surface area contributed by atoms with Crippen molar-refractivity contribution in [2.24, 2.45) is 11.8 Å². The topological polar surface area (TPSA) is 44.1 Å². The molecule has 0 bridgehead atoms. The second-order valence-corrected chi connectivity index (χ2v) is 6.35. The van der Waals surface area contributed by atoms with Crippen LogP contribution in [-0.4, -0.2) is 23.9 Å². The van der Waals surface area contributed by atoms with Gasteiger partial charge in [0.1, 0.15) is 0 Å². The molecule has 2 rings (SSSR count). The predicted octanol–water partition coefficient (Wildman–Crippen LogP) is 3.80. The highest BCUT2D eigenvalue weighted by Gasteiger charge is 2.22. The second kappa shape index (κ2) is 7.26. The zero-order chi connectivity index (χ0) is 16.1. The Bertz CT molecular complexity index is 585. The lowest BCUT2D eigenvalue weighted by molar-refractivity contribution is -0.127. The van der Waals surface area contributed by atoms with Gasteiger partial charge in [0.2, 0.25) is 5.91 Å². The molecule has 3 heteroatoms. The third-order valence-electron chi connectivity index (χ3n) is 4.28. The summed E-state index contributed by atoms with van der Waals surface area (Å²) in [5.74, 6) is 0.471. The number of benzene rings is 1. The van der Waals surface area contributed by atoms with Crippen LogP contribution in [-0.2, 0) is 4.79 Å². The van der Waals surface area contributed by atoms with Crippen molar-refractivity contribution < 1.29 is 4.79 Å². The molecule has 0 N–H and O–H groups in total. The zero-order valence-electron chi connectivity index (χ0n) is 13.7. The van der Waals surface area contributed by atoms with E-state index in [0.717, 1.165) is 24.0 Å². The summed E-state index contributed by atoms with van der Waals surface area (Å²) in [5.41, 5.74) is 3.41. The number of carbonyl (C=O) groups is 1. The number of allylic oxidation sites excluding steroid dienone is 1. The van der Waals surface area contributed by atoms with Gasteiger partial charge in [-0.2, -0.15) is 5.26 Å². The van der Waals surface area contributed by atoms with Gasteiger partial charge in [-0.25, -0.2) is 0 Å². The largest absolute Gasteiger partial charge is 0.339 e. The average molecular weight is 296 g/mol. The van der Waals surface area contributed by atoms with Crippen molar-refractivity contribution >= 4 is 11.5 Å². The van der Waals surface area contributed by atoms with Gasteiger partial charge in [0.25, 0.3) is 0 Å². The maximum absolute atomic E-state index is 12.5. The van der Waals surface area contributed by atoms with Crippen LogP contribution in [0.3, 0.4) is 0 Å².